The first-order chi connectivity index (χ1) is 23.2. The molecule has 0 radical (unpaired) electrons. The zero-order valence-electron chi connectivity index (χ0n) is 25.1. The zero-order chi connectivity index (χ0) is 32.1. The van der Waals surface area contributed by atoms with Crippen molar-refractivity contribution in [1.29, 1.82) is 0 Å². The van der Waals surface area contributed by atoms with Crippen LogP contribution in [0.1, 0.15) is 32.8 Å². The summed E-state index contributed by atoms with van der Waals surface area (Å²) in [6.45, 7) is 0. The number of benzene rings is 2. The Kier molecular flexibility index (Phi) is 13.1. The maximum atomic E-state index is 4.79. The summed E-state index contributed by atoms with van der Waals surface area (Å²) in [5, 5.41) is 15.8. The Bertz CT molecular complexity index is 1900. The first-order valence-electron chi connectivity index (χ1n) is 14.8. The fraction of sp³-hybridized carbons (Fsp3) is 0.128. The van der Waals surface area contributed by atoms with E-state index in [-0.39, 0.29) is 8.85 Å². The molecule has 1 saturated carbocycles. The Morgan fingerprint density at radius 1 is 0.771 bits per heavy atom. The highest BCUT2D eigenvalue weighted by Gasteiger charge is 2.38. The lowest BCUT2D eigenvalue weighted by Gasteiger charge is -2.15. The Hall–Kier alpha value is -4.58. The molecule has 1 aliphatic heterocycles. The van der Waals surface area contributed by atoms with Crippen LogP contribution in [0.4, 0.5) is 0 Å². The molecule has 0 bridgehead atoms. The normalized spacial score (nSPS) is 18.9. The van der Waals surface area contributed by atoms with Gasteiger partial charge in [0.05, 0.1) is 0 Å². The van der Waals surface area contributed by atoms with Gasteiger partial charge in [-0.1, -0.05) is 92.4 Å². The van der Waals surface area contributed by atoms with Crippen LogP contribution in [0.15, 0.2) is 141 Å². The molecule has 5 nitrogen and oxygen atoms in total. The van der Waals surface area contributed by atoms with E-state index in [1.807, 2.05) is 88.1 Å². The van der Waals surface area contributed by atoms with Crippen LogP contribution in [-0.2, 0) is 0 Å². The van der Waals surface area contributed by atoms with Gasteiger partial charge < -0.3 is 21.3 Å². The summed E-state index contributed by atoms with van der Waals surface area (Å²) in [5.74, 6) is 14.0. The third-order valence-corrected chi connectivity index (χ3v) is 10.8. The first kappa shape index (κ1) is 34.7. The number of fused-ring (bicyclic) bond motifs is 1. The van der Waals surface area contributed by atoms with Crippen molar-refractivity contribution < 1.29 is 1.43 Å². The highest BCUT2D eigenvalue weighted by Crippen LogP contribution is 2.49. The summed E-state index contributed by atoms with van der Waals surface area (Å²) < 4.78 is 2.02. The topological polar surface area (TPSA) is 51.4 Å². The molecule has 0 amide bonds. The van der Waals surface area contributed by atoms with Crippen molar-refractivity contribution in [3.63, 3.8) is 0 Å². The standard InChI is InChI=1S/C38H29N5S4.CH4.H2/c44-35(39-27-23-32-18-11-19-33-28-34(32)33)36(40-24-20-29-12-5-1-2-6-13-29)45-43-46-37(41-25-21-30-14-7-3-8-15-30)38(47-43)42-26-22-31-16-9-4-10-17-31;;/h1-12,14-19,33-34,39-42,44H,13,28H2;1H4;1H/b36-35-;;. The molecule has 48 heavy (non-hydrogen) atoms. The van der Waals surface area contributed by atoms with Gasteiger partial charge in [0.25, 0.3) is 0 Å². The number of allylic oxidation sites excluding steroid dienone is 10. The molecular weight excluding hydrogens is 667 g/mol. The van der Waals surface area contributed by atoms with Crippen LogP contribution in [0.25, 0.3) is 0 Å². The van der Waals surface area contributed by atoms with E-state index in [1.165, 1.54) is 42.3 Å². The molecule has 9 heteroatoms. The largest absolute Gasteiger partial charge is 0.307 e. The van der Waals surface area contributed by atoms with Crippen molar-refractivity contribution >= 4 is 48.5 Å². The Morgan fingerprint density at radius 3 is 2.12 bits per heavy atom. The van der Waals surface area contributed by atoms with Gasteiger partial charge in [-0.3, -0.25) is 0 Å². The molecule has 2 aromatic carbocycles. The molecule has 2 aromatic rings. The van der Waals surface area contributed by atoms with Crippen molar-refractivity contribution in [2.45, 2.75) is 20.3 Å². The monoisotopic (exact) mass is 701 g/mol. The van der Waals surface area contributed by atoms with E-state index in [2.05, 4.69) is 93.4 Å². The maximum absolute atomic E-state index is 4.79. The predicted molar refractivity (Wildman–Crippen MR) is 211 cm³/mol. The molecule has 0 spiro atoms. The van der Waals surface area contributed by atoms with Crippen LogP contribution in [0, 0.1) is 59.7 Å². The average Bonchev–Trinajstić information content (AvgIpc) is 3.86. The van der Waals surface area contributed by atoms with Gasteiger partial charge in [-0.25, -0.2) is 0 Å². The third-order valence-electron chi connectivity index (χ3n) is 6.89. The summed E-state index contributed by atoms with van der Waals surface area (Å²) in [7, 11) is 0. The van der Waals surface area contributed by atoms with E-state index in [9.17, 15) is 0 Å². The molecule has 2 unspecified atom stereocenters. The van der Waals surface area contributed by atoms with E-state index in [0.29, 0.717) is 21.9 Å². The second kappa shape index (κ2) is 18.1. The van der Waals surface area contributed by atoms with E-state index in [1.54, 1.807) is 0 Å². The van der Waals surface area contributed by atoms with E-state index in [0.717, 1.165) is 38.8 Å². The molecule has 2 atom stereocenters. The Morgan fingerprint density at radius 2 is 1.44 bits per heavy atom. The molecule has 4 aliphatic rings. The van der Waals surface area contributed by atoms with Crippen LogP contribution >= 0.6 is 48.5 Å². The molecule has 1 fully saturated rings. The number of rotatable bonds is 6. The summed E-state index contributed by atoms with van der Waals surface area (Å²) in [5.41, 5.74) is 4.01. The molecule has 4 N–H and O–H groups in total. The van der Waals surface area contributed by atoms with Crippen molar-refractivity contribution in [3.8, 4) is 47.9 Å². The highest BCUT2D eigenvalue weighted by molar-refractivity contribution is 8.30. The number of hydrogen-bond acceptors (Lipinski definition) is 9. The van der Waals surface area contributed by atoms with E-state index in [4.69, 9.17) is 12.6 Å². The van der Waals surface area contributed by atoms with Crippen molar-refractivity contribution in [1.82, 2.24) is 24.4 Å². The van der Waals surface area contributed by atoms with Crippen molar-refractivity contribution in [3.05, 3.63) is 152 Å². The second-order valence-electron chi connectivity index (χ2n) is 10.3. The average molecular weight is 702 g/mol. The van der Waals surface area contributed by atoms with Crippen LogP contribution < -0.4 is 21.3 Å². The Labute approximate surface area is 304 Å². The smallest absolute Gasteiger partial charge is 0.130 e. The summed E-state index contributed by atoms with van der Waals surface area (Å²) >= 11 is 9.22. The number of nitrogens with one attached hydrogen (secondary N) is 4. The Balaban J connectivity index is 0.00000270. The maximum Gasteiger partial charge on any atom is 0.130 e. The molecule has 3 aliphatic carbocycles. The van der Waals surface area contributed by atoms with Gasteiger partial charge >= 0.3 is 0 Å². The van der Waals surface area contributed by atoms with Gasteiger partial charge in [-0.2, -0.15) is 0 Å². The SMILES string of the molecule is C.S/C(NC#CC1=CC=CC2CC12)=C(/NC#CC1=CC=CC=CC1)SN1SC(NC#Cc2ccccc2)=C(NC#Cc2ccccc2)S1.[HH]. The quantitative estimate of drug-likeness (QED) is 0.0896. The minimum absolute atomic E-state index is 0. The molecule has 0 aromatic heterocycles. The zero-order valence-corrected chi connectivity index (χ0v) is 28.4. The fourth-order valence-corrected chi connectivity index (χ4v) is 7.80. The van der Waals surface area contributed by atoms with Crippen molar-refractivity contribution in [2.24, 2.45) is 11.8 Å². The molecular formula is C39H35N5S4. The van der Waals surface area contributed by atoms with Crippen LogP contribution in [0.2, 0.25) is 0 Å². The first-order valence-corrected chi connectivity index (χ1v) is 17.6. The molecule has 0 saturated heterocycles. The minimum atomic E-state index is 0. The molecule has 6 rings (SSSR count). The van der Waals surface area contributed by atoms with Crippen LogP contribution in [0.3, 0.4) is 0 Å². The van der Waals surface area contributed by atoms with Gasteiger partial charge in [-0.15, -0.1) is 15.7 Å². The lowest BCUT2D eigenvalue weighted by atomic mass is 10.1. The van der Waals surface area contributed by atoms with E-state index < -0.39 is 0 Å². The predicted octanol–water partition coefficient (Wildman–Crippen LogP) is 8.19. The fourth-order valence-electron chi connectivity index (χ4n) is 4.41. The lowest BCUT2D eigenvalue weighted by molar-refractivity contribution is 0.945. The highest BCUT2D eigenvalue weighted by atomic mass is 32.3. The van der Waals surface area contributed by atoms with Gasteiger partial charge in [0.15, 0.2) is 0 Å². The number of hydrogen-bond donors (Lipinski definition) is 5. The van der Waals surface area contributed by atoms with Crippen LogP contribution in [0.5, 0.6) is 0 Å². The second-order valence-corrected chi connectivity index (χ2v) is 14.3. The van der Waals surface area contributed by atoms with Gasteiger partial charge in [-0.05, 0) is 72.6 Å². The summed E-state index contributed by atoms with van der Waals surface area (Å²) in [6.07, 6.45) is 18.5. The molecule has 240 valence electrons. The molecule has 1 heterocycles. The lowest BCUT2D eigenvalue weighted by Crippen LogP contribution is -2.14. The van der Waals surface area contributed by atoms with Crippen molar-refractivity contribution in [2.75, 3.05) is 0 Å². The van der Waals surface area contributed by atoms with E-state index >= 15 is 0 Å². The summed E-state index contributed by atoms with van der Waals surface area (Å²) in [4.78, 5) is 0. The van der Waals surface area contributed by atoms with Gasteiger partial charge in [0.2, 0.25) is 0 Å². The third kappa shape index (κ3) is 10.5. The number of nitrogens with zero attached hydrogens (tertiary/aromatic N) is 1. The summed E-state index contributed by atoms with van der Waals surface area (Å²) in [6, 6.07) is 32.1. The van der Waals surface area contributed by atoms with Crippen LogP contribution in [-0.4, -0.2) is 3.12 Å². The van der Waals surface area contributed by atoms with Gasteiger partial charge in [0.1, 0.15) is 20.1 Å². The van der Waals surface area contributed by atoms with Gasteiger partial charge in [0, 0.05) is 83.7 Å². The minimum Gasteiger partial charge on any atom is -0.307 e. The number of thiol groups is 1.